The molecule has 0 aliphatic carbocycles. The van der Waals surface area contributed by atoms with Gasteiger partial charge in [-0.05, 0) is 18.9 Å². The molecule has 0 aromatic heterocycles. The van der Waals surface area contributed by atoms with Crippen molar-refractivity contribution >= 4 is 5.78 Å². The SMILES string of the molecule is CC[C@@H](C(C)=O)[C@@H](O)c1ccccc1. The predicted octanol–water partition coefficient (Wildman–Crippen LogP) is 2.34. The van der Waals surface area contributed by atoms with Crippen LogP contribution in [0.15, 0.2) is 30.3 Å². The lowest BCUT2D eigenvalue weighted by Crippen LogP contribution is -2.19. The number of rotatable bonds is 4. The van der Waals surface area contributed by atoms with Crippen LogP contribution in [-0.4, -0.2) is 10.9 Å². The van der Waals surface area contributed by atoms with Crippen molar-refractivity contribution in [2.24, 2.45) is 5.92 Å². The van der Waals surface area contributed by atoms with Crippen molar-refractivity contribution in [1.29, 1.82) is 0 Å². The molecular weight excluding hydrogens is 176 g/mol. The largest absolute Gasteiger partial charge is 0.388 e. The van der Waals surface area contributed by atoms with Crippen LogP contribution in [0.2, 0.25) is 0 Å². The van der Waals surface area contributed by atoms with Gasteiger partial charge >= 0.3 is 0 Å². The fourth-order valence-electron chi connectivity index (χ4n) is 1.62. The van der Waals surface area contributed by atoms with Crippen LogP contribution >= 0.6 is 0 Å². The first-order valence-electron chi connectivity index (χ1n) is 4.90. The molecule has 2 heteroatoms. The standard InChI is InChI=1S/C12H16O2/c1-3-11(9(2)13)12(14)10-7-5-4-6-8-10/h4-8,11-12,14H,3H2,1-2H3/t11-,12-/m0/s1. The lowest BCUT2D eigenvalue weighted by molar-refractivity contribution is -0.124. The van der Waals surface area contributed by atoms with E-state index in [4.69, 9.17) is 0 Å². The summed E-state index contributed by atoms with van der Waals surface area (Å²) in [6.45, 7) is 3.44. The van der Waals surface area contributed by atoms with Crippen LogP contribution in [0, 0.1) is 5.92 Å². The van der Waals surface area contributed by atoms with Gasteiger partial charge in [0.15, 0.2) is 0 Å². The molecule has 1 aromatic carbocycles. The van der Waals surface area contributed by atoms with E-state index in [1.165, 1.54) is 6.92 Å². The minimum absolute atomic E-state index is 0.0452. The summed E-state index contributed by atoms with van der Waals surface area (Å²) >= 11 is 0. The maximum absolute atomic E-state index is 11.2. The van der Waals surface area contributed by atoms with Crippen LogP contribution in [0.3, 0.4) is 0 Å². The average molecular weight is 192 g/mol. The second-order valence-corrected chi connectivity index (χ2v) is 3.48. The first-order valence-corrected chi connectivity index (χ1v) is 4.90. The molecule has 0 amide bonds. The van der Waals surface area contributed by atoms with E-state index in [0.29, 0.717) is 6.42 Å². The highest BCUT2D eigenvalue weighted by Gasteiger charge is 2.22. The molecule has 0 unspecified atom stereocenters. The zero-order valence-electron chi connectivity index (χ0n) is 8.60. The van der Waals surface area contributed by atoms with Gasteiger partial charge in [0, 0.05) is 5.92 Å². The highest BCUT2D eigenvalue weighted by atomic mass is 16.3. The molecule has 1 N–H and O–H groups in total. The molecule has 0 saturated heterocycles. The second-order valence-electron chi connectivity index (χ2n) is 3.48. The Morgan fingerprint density at radius 3 is 2.36 bits per heavy atom. The Morgan fingerprint density at radius 1 is 1.36 bits per heavy atom. The van der Waals surface area contributed by atoms with Gasteiger partial charge in [-0.1, -0.05) is 37.3 Å². The van der Waals surface area contributed by atoms with Crippen LogP contribution in [-0.2, 0) is 4.79 Å². The first-order chi connectivity index (χ1) is 6.66. The zero-order chi connectivity index (χ0) is 10.6. The van der Waals surface area contributed by atoms with Crippen LogP contribution in [0.5, 0.6) is 0 Å². The van der Waals surface area contributed by atoms with Crippen LogP contribution < -0.4 is 0 Å². The Kier molecular flexibility index (Phi) is 3.84. The number of carbonyl (C=O) groups excluding carboxylic acids is 1. The quantitative estimate of drug-likeness (QED) is 0.795. The molecule has 14 heavy (non-hydrogen) atoms. The maximum Gasteiger partial charge on any atom is 0.135 e. The number of aliphatic hydroxyl groups is 1. The fraction of sp³-hybridized carbons (Fsp3) is 0.417. The van der Waals surface area contributed by atoms with Crippen molar-refractivity contribution in [3.05, 3.63) is 35.9 Å². The highest BCUT2D eigenvalue weighted by Crippen LogP contribution is 2.24. The van der Waals surface area contributed by atoms with Gasteiger partial charge in [0.2, 0.25) is 0 Å². The first kappa shape index (κ1) is 10.9. The van der Waals surface area contributed by atoms with E-state index in [9.17, 15) is 9.90 Å². The summed E-state index contributed by atoms with van der Waals surface area (Å²) in [5.74, 6) is -0.235. The number of hydrogen-bond acceptors (Lipinski definition) is 2. The summed E-state index contributed by atoms with van der Waals surface area (Å²) in [7, 11) is 0. The molecule has 0 fully saturated rings. The van der Waals surface area contributed by atoms with Gasteiger partial charge < -0.3 is 5.11 Å². The lowest BCUT2D eigenvalue weighted by atomic mass is 9.90. The summed E-state index contributed by atoms with van der Waals surface area (Å²) < 4.78 is 0. The molecule has 0 spiro atoms. The van der Waals surface area contributed by atoms with Gasteiger partial charge in [-0.25, -0.2) is 0 Å². The number of ketones is 1. The van der Waals surface area contributed by atoms with Crippen molar-refractivity contribution in [3.8, 4) is 0 Å². The molecule has 2 nitrogen and oxygen atoms in total. The Balaban J connectivity index is 2.83. The summed E-state index contributed by atoms with van der Waals surface area (Å²) in [6, 6.07) is 9.31. The molecule has 0 radical (unpaired) electrons. The molecule has 0 saturated carbocycles. The van der Waals surface area contributed by atoms with Crippen molar-refractivity contribution in [2.45, 2.75) is 26.4 Å². The lowest BCUT2D eigenvalue weighted by Gasteiger charge is -2.18. The molecule has 0 bridgehead atoms. The smallest absolute Gasteiger partial charge is 0.135 e. The van der Waals surface area contributed by atoms with Gasteiger partial charge in [0.1, 0.15) is 5.78 Å². The molecule has 76 valence electrons. The Morgan fingerprint density at radius 2 is 1.93 bits per heavy atom. The van der Waals surface area contributed by atoms with Gasteiger partial charge in [-0.3, -0.25) is 4.79 Å². The number of carbonyl (C=O) groups is 1. The third kappa shape index (κ3) is 2.42. The van der Waals surface area contributed by atoms with Crippen molar-refractivity contribution in [3.63, 3.8) is 0 Å². The van der Waals surface area contributed by atoms with E-state index in [-0.39, 0.29) is 11.7 Å². The topological polar surface area (TPSA) is 37.3 Å². The minimum atomic E-state index is -0.668. The molecule has 0 aliphatic rings. The average Bonchev–Trinajstić information content (AvgIpc) is 2.19. The van der Waals surface area contributed by atoms with Crippen LogP contribution in [0.1, 0.15) is 31.9 Å². The Hall–Kier alpha value is -1.15. The minimum Gasteiger partial charge on any atom is -0.388 e. The van der Waals surface area contributed by atoms with Crippen molar-refractivity contribution in [2.75, 3.05) is 0 Å². The van der Waals surface area contributed by atoms with E-state index in [1.807, 2.05) is 37.3 Å². The van der Waals surface area contributed by atoms with Gasteiger partial charge in [-0.15, -0.1) is 0 Å². The normalized spacial score (nSPS) is 14.8. The third-order valence-electron chi connectivity index (χ3n) is 2.48. The maximum atomic E-state index is 11.2. The monoisotopic (exact) mass is 192 g/mol. The van der Waals surface area contributed by atoms with E-state index >= 15 is 0 Å². The Bertz CT molecular complexity index is 292. The van der Waals surface area contributed by atoms with Gasteiger partial charge in [-0.2, -0.15) is 0 Å². The predicted molar refractivity (Wildman–Crippen MR) is 55.9 cm³/mol. The van der Waals surface area contributed by atoms with Gasteiger partial charge in [0.05, 0.1) is 6.10 Å². The highest BCUT2D eigenvalue weighted by molar-refractivity contribution is 5.79. The van der Waals surface area contributed by atoms with E-state index in [2.05, 4.69) is 0 Å². The number of Topliss-reactive ketones (excluding diaryl/α,β-unsaturated/α-hetero) is 1. The summed E-state index contributed by atoms with van der Waals surface area (Å²) in [5, 5.41) is 9.93. The molecule has 1 rings (SSSR count). The number of hydrogen-bond donors (Lipinski definition) is 1. The van der Waals surface area contributed by atoms with Crippen LogP contribution in [0.25, 0.3) is 0 Å². The fourth-order valence-corrected chi connectivity index (χ4v) is 1.62. The van der Waals surface area contributed by atoms with E-state index < -0.39 is 6.10 Å². The summed E-state index contributed by atoms with van der Waals surface area (Å²) in [5.41, 5.74) is 0.814. The summed E-state index contributed by atoms with van der Waals surface area (Å²) in [4.78, 5) is 11.2. The number of benzene rings is 1. The van der Waals surface area contributed by atoms with Crippen molar-refractivity contribution < 1.29 is 9.90 Å². The van der Waals surface area contributed by atoms with Crippen molar-refractivity contribution in [1.82, 2.24) is 0 Å². The van der Waals surface area contributed by atoms with E-state index in [0.717, 1.165) is 5.56 Å². The number of aliphatic hydroxyl groups excluding tert-OH is 1. The van der Waals surface area contributed by atoms with E-state index in [1.54, 1.807) is 0 Å². The molecular formula is C12H16O2. The second kappa shape index (κ2) is 4.91. The molecule has 1 aromatic rings. The van der Waals surface area contributed by atoms with Gasteiger partial charge in [0.25, 0.3) is 0 Å². The molecule has 0 aliphatic heterocycles. The zero-order valence-corrected chi connectivity index (χ0v) is 8.60. The van der Waals surface area contributed by atoms with Crippen LogP contribution in [0.4, 0.5) is 0 Å². The summed E-state index contributed by atoms with van der Waals surface area (Å²) in [6.07, 6.45) is 0.00415. The molecule has 2 atom stereocenters. The molecule has 0 heterocycles. The third-order valence-corrected chi connectivity index (χ3v) is 2.48. The Labute approximate surface area is 84.6 Å².